The van der Waals surface area contributed by atoms with Crippen LogP contribution in [0.5, 0.6) is 11.5 Å². The maximum atomic E-state index is 12.6. The average molecular weight is 649 g/mol. The lowest BCUT2D eigenvalue weighted by Gasteiger charge is -2.08. The van der Waals surface area contributed by atoms with Crippen molar-refractivity contribution in [2.45, 2.75) is 96.8 Å². The lowest BCUT2D eigenvalue weighted by molar-refractivity contribution is 0.0528. The summed E-state index contributed by atoms with van der Waals surface area (Å²) in [6.07, 6.45) is 18.6. The molecule has 0 unspecified atom stereocenters. The van der Waals surface area contributed by atoms with Crippen LogP contribution >= 0.6 is 11.6 Å². The highest BCUT2D eigenvalue weighted by atomic mass is 35.5. The fourth-order valence-corrected chi connectivity index (χ4v) is 4.99. The topological polar surface area (TPSA) is 86.5 Å². The van der Waals surface area contributed by atoms with Crippen molar-refractivity contribution in [1.82, 2.24) is 0 Å². The summed E-state index contributed by atoms with van der Waals surface area (Å²) in [7, 11) is 0. The van der Waals surface area contributed by atoms with Crippen LogP contribution in [-0.4, -0.2) is 31.0 Å². The molecular weight excluding hydrogens is 600 g/mol. The second-order valence-electron chi connectivity index (χ2n) is 11.4. The number of alkyl halides is 1. The Morgan fingerprint density at radius 1 is 0.543 bits per heavy atom. The molecule has 3 aromatic rings. The minimum atomic E-state index is -0.447. The van der Waals surface area contributed by atoms with Crippen molar-refractivity contribution in [2.75, 3.05) is 19.1 Å². The lowest BCUT2D eigenvalue weighted by atomic mass is 10.0. The molecule has 0 radical (unpaired) electrons. The molecule has 0 bridgehead atoms. The molecule has 0 aliphatic rings. The number of hydrogen-bond acceptors (Lipinski definition) is 7. The van der Waals surface area contributed by atoms with Gasteiger partial charge in [-0.05, 0) is 79.2 Å². The summed E-state index contributed by atoms with van der Waals surface area (Å²) in [6.45, 7) is 3.11. The molecule has 0 heterocycles. The monoisotopic (exact) mass is 648 g/mol. The fraction of sp³-hybridized carbons (Fsp3) is 0.474. The molecule has 0 atom stereocenters. The summed E-state index contributed by atoms with van der Waals surface area (Å²) >= 11 is 5.54. The third-order valence-corrected chi connectivity index (χ3v) is 7.75. The average Bonchev–Trinajstić information content (AvgIpc) is 3.09. The highest BCUT2D eigenvalue weighted by Gasteiger charge is 2.10. The Morgan fingerprint density at radius 3 is 1.50 bits per heavy atom. The van der Waals surface area contributed by atoms with E-state index in [1.165, 1.54) is 83.5 Å². The number of esters is 2. The van der Waals surface area contributed by atoms with E-state index < -0.39 is 11.9 Å². The molecule has 0 aromatic heterocycles. The van der Waals surface area contributed by atoms with Crippen LogP contribution in [0.4, 0.5) is 11.4 Å². The number of hydrogen-bond donors (Lipinski definition) is 0. The van der Waals surface area contributed by atoms with Crippen LogP contribution in [0.15, 0.2) is 83.0 Å². The Balaban J connectivity index is 1.27. The molecule has 3 rings (SSSR count). The van der Waals surface area contributed by atoms with Crippen molar-refractivity contribution in [3.63, 3.8) is 0 Å². The third-order valence-electron chi connectivity index (χ3n) is 7.60. The number of carbonyl (C=O) groups excluding carboxylic acids is 2. The van der Waals surface area contributed by atoms with E-state index in [9.17, 15) is 9.59 Å². The SMILES string of the molecule is CCCCCCCCCCCCCCCCOc1ccc(C(=O)Oc2ccc(N=Nc3ccc(C(=O)OCCCl)cc3)cc2)cc1. The summed E-state index contributed by atoms with van der Waals surface area (Å²) in [6, 6.07) is 20.4. The van der Waals surface area contributed by atoms with Gasteiger partial charge in [0.1, 0.15) is 18.1 Å². The van der Waals surface area contributed by atoms with Gasteiger partial charge < -0.3 is 14.2 Å². The van der Waals surface area contributed by atoms with Crippen LogP contribution in [0.25, 0.3) is 0 Å². The Hall–Kier alpha value is -3.71. The molecule has 8 heteroatoms. The molecular formula is C38H49ClN2O5. The minimum absolute atomic E-state index is 0.161. The van der Waals surface area contributed by atoms with Gasteiger partial charge in [-0.1, -0.05) is 90.4 Å². The van der Waals surface area contributed by atoms with Gasteiger partial charge >= 0.3 is 11.9 Å². The van der Waals surface area contributed by atoms with Crippen LogP contribution in [-0.2, 0) is 4.74 Å². The smallest absolute Gasteiger partial charge is 0.343 e. The molecule has 0 aliphatic heterocycles. The van der Waals surface area contributed by atoms with Crippen LogP contribution in [0.2, 0.25) is 0 Å². The fourth-order valence-electron chi connectivity index (χ4n) is 4.91. The molecule has 0 spiro atoms. The van der Waals surface area contributed by atoms with Crippen LogP contribution in [0, 0.1) is 0 Å². The van der Waals surface area contributed by atoms with Crippen molar-refractivity contribution < 1.29 is 23.8 Å². The van der Waals surface area contributed by atoms with Crippen molar-refractivity contribution >= 4 is 34.9 Å². The van der Waals surface area contributed by atoms with E-state index in [0.717, 1.165) is 12.2 Å². The molecule has 0 aliphatic carbocycles. The van der Waals surface area contributed by atoms with E-state index >= 15 is 0 Å². The third kappa shape index (κ3) is 15.0. The number of nitrogens with zero attached hydrogens (tertiary/aromatic N) is 2. The number of unbranched alkanes of at least 4 members (excludes halogenated alkanes) is 13. The summed E-state index contributed by atoms with van der Waals surface area (Å²) < 4.78 is 16.4. The van der Waals surface area contributed by atoms with E-state index in [0.29, 0.717) is 34.9 Å². The van der Waals surface area contributed by atoms with Gasteiger partial charge in [-0.3, -0.25) is 0 Å². The van der Waals surface area contributed by atoms with Crippen LogP contribution in [0.1, 0.15) is 118 Å². The van der Waals surface area contributed by atoms with Gasteiger partial charge in [0, 0.05) is 0 Å². The first kappa shape index (κ1) is 36.8. The first-order chi connectivity index (χ1) is 22.6. The lowest BCUT2D eigenvalue weighted by Crippen LogP contribution is -2.08. The Morgan fingerprint density at radius 2 is 0.978 bits per heavy atom. The molecule has 7 nitrogen and oxygen atoms in total. The van der Waals surface area contributed by atoms with Crippen LogP contribution < -0.4 is 9.47 Å². The quantitative estimate of drug-likeness (QED) is 0.0335. The number of benzene rings is 3. The van der Waals surface area contributed by atoms with Gasteiger partial charge in [0.25, 0.3) is 0 Å². The maximum Gasteiger partial charge on any atom is 0.343 e. The standard InChI is InChI=1S/C38H49ClN2O5/c1-2-3-4-5-6-7-8-9-10-11-12-13-14-15-29-44-35-24-18-32(19-25-35)38(43)46-36-26-22-34(23-27-36)41-40-33-20-16-31(17-21-33)37(42)45-30-28-39/h16-27H,2-15,28-30H2,1H3. The van der Waals surface area contributed by atoms with Gasteiger partial charge in [-0.25, -0.2) is 9.59 Å². The van der Waals surface area contributed by atoms with Gasteiger partial charge in [0.15, 0.2) is 0 Å². The molecule has 46 heavy (non-hydrogen) atoms. The van der Waals surface area contributed by atoms with Gasteiger partial charge in [-0.2, -0.15) is 10.2 Å². The van der Waals surface area contributed by atoms with E-state index in [-0.39, 0.29) is 12.5 Å². The summed E-state index contributed by atoms with van der Waals surface area (Å²) in [4.78, 5) is 24.5. The van der Waals surface area contributed by atoms with E-state index in [1.807, 2.05) is 0 Å². The minimum Gasteiger partial charge on any atom is -0.494 e. The first-order valence-corrected chi connectivity index (χ1v) is 17.4. The highest BCUT2D eigenvalue weighted by molar-refractivity contribution is 6.18. The number of ether oxygens (including phenoxy) is 3. The Labute approximate surface area is 279 Å². The zero-order chi connectivity index (χ0) is 32.7. The van der Waals surface area contributed by atoms with Gasteiger partial charge in [-0.15, -0.1) is 11.6 Å². The predicted molar refractivity (Wildman–Crippen MR) is 185 cm³/mol. The van der Waals surface area contributed by atoms with Crippen molar-refractivity contribution in [3.8, 4) is 11.5 Å². The molecule has 0 saturated carbocycles. The maximum absolute atomic E-state index is 12.6. The van der Waals surface area contributed by atoms with Crippen molar-refractivity contribution in [1.29, 1.82) is 0 Å². The predicted octanol–water partition coefficient (Wildman–Crippen LogP) is 11.6. The van der Waals surface area contributed by atoms with Gasteiger partial charge in [0.05, 0.1) is 35.0 Å². The molecule has 0 amide bonds. The second-order valence-corrected chi connectivity index (χ2v) is 11.8. The first-order valence-electron chi connectivity index (χ1n) is 16.9. The molecule has 0 saturated heterocycles. The number of azo groups is 1. The van der Waals surface area contributed by atoms with Crippen LogP contribution in [0.3, 0.4) is 0 Å². The summed E-state index contributed by atoms with van der Waals surface area (Å²) in [5.41, 5.74) is 2.03. The zero-order valence-corrected chi connectivity index (χ0v) is 28.0. The number of rotatable bonds is 23. The Bertz CT molecular complexity index is 1290. The molecule has 0 fully saturated rings. The largest absolute Gasteiger partial charge is 0.494 e. The van der Waals surface area contributed by atoms with E-state index in [1.54, 1.807) is 72.8 Å². The number of halogens is 1. The summed E-state index contributed by atoms with van der Waals surface area (Å²) in [5.74, 6) is 0.522. The normalized spacial score (nSPS) is 11.1. The second kappa shape index (κ2) is 22.7. The highest BCUT2D eigenvalue weighted by Crippen LogP contribution is 2.23. The van der Waals surface area contributed by atoms with E-state index in [2.05, 4.69) is 17.2 Å². The van der Waals surface area contributed by atoms with Crippen molar-refractivity contribution in [3.05, 3.63) is 83.9 Å². The molecule has 248 valence electrons. The molecule has 3 aromatic carbocycles. The summed E-state index contributed by atoms with van der Waals surface area (Å²) in [5, 5.41) is 8.38. The van der Waals surface area contributed by atoms with Gasteiger partial charge in [0.2, 0.25) is 0 Å². The zero-order valence-electron chi connectivity index (χ0n) is 27.3. The Kier molecular flexibility index (Phi) is 18.2. The van der Waals surface area contributed by atoms with Crippen molar-refractivity contribution in [2.24, 2.45) is 10.2 Å². The van der Waals surface area contributed by atoms with E-state index in [4.69, 9.17) is 25.8 Å². The number of carbonyl (C=O) groups is 2. The molecule has 0 N–H and O–H groups in total.